The molecule has 2 rings (SSSR count). The molecular weight excluding hydrogens is 326 g/mol. The number of ether oxygens (including phenoxy) is 2. The lowest BCUT2D eigenvalue weighted by Gasteiger charge is -2.16. The lowest BCUT2D eigenvalue weighted by Crippen LogP contribution is -2.26. The SMILES string of the molecule is CCOc1ccc(C(=O)NC(C)c2cccc(Cl)c2)cc1OCC. The maximum Gasteiger partial charge on any atom is 0.251 e. The van der Waals surface area contributed by atoms with Crippen molar-refractivity contribution in [3.8, 4) is 11.5 Å². The number of halogens is 1. The smallest absolute Gasteiger partial charge is 0.251 e. The van der Waals surface area contributed by atoms with Crippen LogP contribution in [0.15, 0.2) is 42.5 Å². The van der Waals surface area contributed by atoms with Crippen LogP contribution in [-0.4, -0.2) is 19.1 Å². The van der Waals surface area contributed by atoms with E-state index in [0.29, 0.717) is 35.3 Å². The maximum atomic E-state index is 12.5. The van der Waals surface area contributed by atoms with Gasteiger partial charge in [-0.15, -0.1) is 0 Å². The lowest BCUT2D eigenvalue weighted by atomic mass is 10.1. The monoisotopic (exact) mass is 347 g/mol. The van der Waals surface area contributed by atoms with E-state index < -0.39 is 0 Å². The number of hydrogen-bond acceptors (Lipinski definition) is 3. The molecule has 0 spiro atoms. The quantitative estimate of drug-likeness (QED) is 0.794. The number of hydrogen-bond donors (Lipinski definition) is 1. The van der Waals surface area contributed by atoms with E-state index >= 15 is 0 Å². The fraction of sp³-hybridized carbons (Fsp3) is 0.316. The van der Waals surface area contributed by atoms with Crippen LogP contribution >= 0.6 is 11.6 Å². The van der Waals surface area contributed by atoms with E-state index in [9.17, 15) is 4.79 Å². The molecular formula is C19H22ClNO3. The van der Waals surface area contributed by atoms with E-state index in [4.69, 9.17) is 21.1 Å². The molecule has 128 valence electrons. The first-order chi connectivity index (χ1) is 11.5. The van der Waals surface area contributed by atoms with Crippen LogP contribution in [0, 0.1) is 0 Å². The molecule has 0 aliphatic rings. The van der Waals surface area contributed by atoms with Gasteiger partial charge in [0.25, 0.3) is 5.91 Å². The van der Waals surface area contributed by atoms with Gasteiger partial charge in [0.2, 0.25) is 0 Å². The summed E-state index contributed by atoms with van der Waals surface area (Å²) in [4.78, 5) is 12.5. The largest absolute Gasteiger partial charge is 0.490 e. The Balaban J connectivity index is 2.15. The summed E-state index contributed by atoms with van der Waals surface area (Å²) in [5.41, 5.74) is 1.47. The van der Waals surface area contributed by atoms with E-state index in [1.54, 1.807) is 24.3 Å². The molecule has 0 aliphatic carbocycles. The Morgan fingerprint density at radius 3 is 2.46 bits per heavy atom. The molecule has 5 heteroatoms. The van der Waals surface area contributed by atoms with Crippen molar-refractivity contribution in [2.24, 2.45) is 0 Å². The second kappa shape index (κ2) is 8.60. The van der Waals surface area contributed by atoms with Crippen molar-refractivity contribution in [3.05, 3.63) is 58.6 Å². The number of carbonyl (C=O) groups is 1. The normalized spacial score (nSPS) is 11.7. The Bertz CT molecular complexity index is 703. The highest BCUT2D eigenvalue weighted by molar-refractivity contribution is 6.30. The first-order valence-electron chi connectivity index (χ1n) is 8.01. The molecule has 1 atom stereocenters. The van der Waals surface area contributed by atoms with Crippen molar-refractivity contribution in [1.29, 1.82) is 0 Å². The minimum absolute atomic E-state index is 0.154. The van der Waals surface area contributed by atoms with Crippen LogP contribution in [0.1, 0.15) is 42.7 Å². The van der Waals surface area contributed by atoms with E-state index in [2.05, 4.69) is 5.32 Å². The summed E-state index contributed by atoms with van der Waals surface area (Å²) in [7, 11) is 0. The van der Waals surface area contributed by atoms with Crippen molar-refractivity contribution in [1.82, 2.24) is 5.32 Å². The molecule has 0 aromatic heterocycles. The Kier molecular flexibility index (Phi) is 6.50. The van der Waals surface area contributed by atoms with Crippen LogP contribution in [0.4, 0.5) is 0 Å². The summed E-state index contributed by atoms with van der Waals surface area (Å²) < 4.78 is 11.1. The molecule has 0 heterocycles. The van der Waals surface area contributed by atoms with Crippen LogP contribution in [0.25, 0.3) is 0 Å². The summed E-state index contributed by atoms with van der Waals surface area (Å²) in [6, 6.07) is 12.5. The molecule has 0 saturated heterocycles. The Hall–Kier alpha value is -2.20. The fourth-order valence-corrected chi connectivity index (χ4v) is 2.53. The Morgan fingerprint density at radius 1 is 1.08 bits per heavy atom. The molecule has 24 heavy (non-hydrogen) atoms. The zero-order valence-corrected chi connectivity index (χ0v) is 14.9. The standard InChI is InChI=1S/C19H22ClNO3/c1-4-23-17-10-9-15(12-18(17)24-5-2)19(22)21-13(3)14-7-6-8-16(20)11-14/h6-13H,4-5H2,1-3H3,(H,21,22). The van der Waals surface area contributed by atoms with Gasteiger partial charge < -0.3 is 14.8 Å². The summed E-state index contributed by atoms with van der Waals surface area (Å²) in [6.07, 6.45) is 0. The summed E-state index contributed by atoms with van der Waals surface area (Å²) in [5, 5.41) is 3.61. The third kappa shape index (κ3) is 4.65. The van der Waals surface area contributed by atoms with E-state index in [0.717, 1.165) is 5.56 Å². The second-order valence-electron chi connectivity index (χ2n) is 5.28. The van der Waals surface area contributed by atoms with Gasteiger partial charge in [0.15, 0.2) is 11.5 Å². The van der Waals surface area contributed by atoms with Crippen LogP contribution in [0.3, 0.4) is 0 Å². The molecule has 2 aromatic carbocycles. The van der Waals surface area contributed by atoms with E-state index in [1.165, 1.54) is 0 Å². The van der Waals surface area contributed by atoms with Crippen molar-refractivity contribution >= 4 is 17.5 Å². The number of benzene rings is 2. The molecule has 0 fully saturated rings. The van der Waals surface area contributed by atoms with Gasteiger partial charge in [-0.3, -0.25) is 4.79 Å². The number of rotatable bonds is 7. The zero-order valence-electron chi connectivity index (χ0n) is 14.1. The van der Waals surface area contributed by atoms with Crippen LogP contribution in [0.2, 0.25) is 5.02 Å². The topological polar surface area (TPSA) is 47.6 Å². The van der Waals surface area contributed by atoms with Crippen molar-refractivity contribution in [3.63, 3.8) is 0 Å². The van der Waals surface area contributed by atoms with Crippen LogP contribution in [-0.2, 0) is 0 Å². The predicted octanol–water partition coefficient (Wildman–Crippen LogP) is 4.63. The second-order valence-corrected chi connectivity index (χ2v) is 5.71. The van der Waals surface area contributed by atoms with Gasteiger partial charge in [-0.05, 0) is 56.7 Å². The summed E-state index contributed by atoms with van der Waals surface area (Å²) in [6.45, 7) is 6.76. The summed E-state index contributed by atoms with van der Waals surface area (Å²) >= 11 is 6.00. The van der Waals surface area contributed by atoms with Gasteiger partial charge in [-0.2, -0.15) is 0 Å². The minimum atomic E-state index is -0.175. The molecule has 0 bridgehead atoms. The van der Waals surface area contributed by atoms with Crippen LogP contribution < -0.4 is 14.8 Å². The van der Waals surface area contributed by atoms with Crippen molar-refractivity contribution in [2.45, 2.75) is 26.8 Å². The first-order valence-corrected chi connectivity index (χ1v) is 8.38. The van der Waals surface area contributed by atoms with E-state index in [1.807, 2.05) is 39.0 Å². The molecule has 1 unspecified atom stereocenters. The lowest BCUT2D eigenvalue weighted by molar-refractivity contribution is 0.0939. The molecule has 0 saturated carbocycles. The molecule has 0 radical (unpaired) electrons. The van der Waals surface area contributed by atoms with E-state index in [-0.39, 0.29) is 11.9 Å². The van der Waals surface area contributed by atoms with Crippen LogP contribution in [0.5, 0.6) is 11.5 Å². The average molecular weight is 348 g/mol. The molecule has 2 aromatic rings. The van der Waals surface area contributed by atoms with Gasteiger partial charge in [-0.25, -0.2) is 0 Å². The molecule has 1 N–H and O–H groups in total. The molecule has 0 aliphatic heterocycles. The van der Waals surface area contributed by atoms with Gasteiger partial charge in [0.1, 0.15) is 0 Å². The maximum absolute atomic E-state index is 12.5. The van der Waals surface area contributed by atoms with Gasteiger partial charge in [0.05, 0.1) is 19.3 Å². The highest BCUT2D eigenvalue weighted by Gasteiger charge is 2.14. The minimum Gasteiger partial charge on any atom is -0.490 e. The first kappa shape index (κ1) is 18.1. The summed E-state index contributed by atoms with van der Waals surface area (Å²) in [5.74, 6) is 1.03. The van der Waals surface area contributed by atoms with Crippen molar-refractivity contribution < 1.29 is 14.3 Å². The number of amides is 1. The average Bonchev–Trinajstić information content (AvgIpc) is 2.56. The van der Waals surface area contributed by atoms with Gasteiger partial charge >= 0.3 is 0 Å². The van der Waals surface area contributed by atoms with Gasteiger partial charge in [-0.1, -0.05) is 23.7 Å². The van der Waals surface area contributed by atoms with Gasteiger partial charge in [0, 0.05) is 10.6 Å². The van der Waals surface area contributed by atoms with Crippen molar-refractivity contribution in [2.75, 3.05) is 13.2 Å². The molecule has 1 amide bonds. The molecule has 4 nitrogen and oxygen atoms in total. The predicted molar refractivity (Wildman–Crippen MR) is 96.1 cm³/mol. The highest BCUT2D eigenvalue weighted by Crippen LogP contribution is 2.29. The highest BCUT2D eigenvalue weighted by atomic mass is 35.5. The fourth-order valence-electron chi connectivity index (χ4n) is 2.33. The third-order valence-corrected chi connectivity index (χ3v) is 3.74. The Labute approximate surface area is 147 Å². The Morgan fingerprint density at radius 2 is 1.79 bits per heavy atom. The number of carbonyl (C=O) groups excluding carboxylic acids is 1. The zero-order chi connectivity index (χ0) is 17.5. The number of nitrogens with one attached hydrogen (secondary N) is 1. The third-order valence-electron chi connectivity index (χ3n) is 3.50.